The molecule has 78 valence electrons. The molecule has 4 N–H and O–H groups in total. The highest BCUT2D eigenvalue weighted by atomic mass is 16.3. The molecule has 0 aliphatic carbocycles. The predicted octanol–water partition coefficient (Wildman–Crippen LogP) is -1.17. The largest absolute Gasteiger partial charge is 0.384 e. The minimum absolute atomic E-state index is 0.0836. The zero-order valence-electron chi connectivity index (χ0n) is 7.66. The summed E-state index contributed by atoms with van der Waals surface area (Å²) < 4.78 is 0. The van der Waals surface area contributed by atoms with Crippen molar-refractivity contribution >= 4 is 5.91 Å². The minimum atomic E-state index is -1.70. The molecular weight excluding hydrogens is 198 g/mol. The highest BCUT2D eigenvalue weighted by molar-refractivity contribution is 5.79. The average Bonchev–Trinajstić information content (AvgIpc) is 2.27. The van der Waals surface area contributed by atoms with E-state index in [0.29, 0.717) is 5.56 Å². The van der Waals surface area contributed by atoms with Crippen LogP contribution >= 0.6 is 0 Å². The van der Waals surface area contributed by atoms with E-state index in [9.17, 15) is 9.90 Å². The number of nitrogens with zero attached hydrogens (tertiary/aromatic N) is 2. The maximum Gasteiger partial charge on any atom is 0.249 e. The van der Waals surface area contributed by atoms with Gasteiger partial charge in [-0.15, -0.1) is 0 Å². The molecule has 0 bridgehead atoms. The topological polar surface area (TPSA) is 120 Å². The van der Waals surface area contributed by atoms with E-state index in [1.54, 1.807) is 0 Å². The summed E-state index contributed by atoms with van der Waals surface area (Å²) in [6.45, 7) is 0. The van der Waals surface area contributed by atoms with Crippen molar-refractivity contribution in [1.82, 2.24) is 4.98 Å². The van der Waals surface area contributed by atoms with Crippen molar-refractivity contribution in [3.8, 4) is 6.07 Å². The molecule has 0 spiro atoms. The predicted molar refractivity (Wildman–Crippen MR) is 49.1 cm³/mol. The number of hydrogen-bond donors (Lipinski definition) is 3. The third-order valence-electron chi connectivity index (χ3n) is 1.81. The molecule has 0 aliphatic heterocycles. The summed E-state index contributed by atoms with van der Waals surface area (Å²) in [4.78, 5) is 14.3. The van der Waals surface area contributed by atoms with Gasteiger partial charge in [0.2, 0.25) is 5.91 Å². The molecule has 15 heavy (non-hydrogen) atoms. The highest BCUT2D eigenvalue weighted by Crippen LogP contribution is 2.14. The summed E-state index contributed by atoms with van der Waals surface area (Å²) in [5.74, 6) is -1.03. The number of primary amides is 1. The van der Waals surface area contributed by atoms with Crippen molar-refractivity contribution in [2.75, 3.05) is 0 Å². The number of aliphatic hydroxyl groups is 2. The first-order valence-corrected chi connectivity index (χ1v) is 4.07. The van der Waals surface area contributed by atoms with Gasteiger partial charge in [-0.3, -0.25) is 9.78 Å². The van der Waals surface area contributed by atoms with Gasteiger partial charge in [0.05, 0.1) is 11.3 Å². The first-order chi connectivity index (χ1) is 7.06. The van der Waals surface area contributed by atoms with Crippen molar-refractivity contribution in [2.24, 2.45) is 5.73 Å². The van der Waals surface area contributed by atoms with E-state index in [-0.39, 0.29) is 5.69 Å². The molecule has 2 unspecified atom stereocenters. The molecule has 0 fully saturated rings. The maximum atomic E-state index is 10.6. The van der Waals surface area contributed by atoms with Gasteiger partial charge < -0.3 is 15.9 Å². The second kappa shape index (κ2) is 4.50. The van der Waals surface area contributed by atoms with Gasteiger partial charge in [-0.2, -0.15) is 5.26 Å². The monoisotopic (exact) mass is 207 g/mol. The normalized spacial score (nSPS) is 13.9. The van der Waals surface area contributed by atoms with Crippen LogP contribution < -0.4 is 5.73 Å². The first-order valence-electron chi connectivity index (χ1n) is 4.07. The first kappa shape index (κ1) is 11.1. The maximum absolute atomic E-state index is 10.6. The van der Waals surface area contributed by atoms with E-state index in [1.807, 2.05) is 6.07 Å². The summed E-state index contributed by atoms with van der Waals surface area (Å²) in [6, 6.07) is 4.61. The lowest BCUT2D eigenvalue weighted by Crippen LogP contribution is -2.34. The fourth-order valence-electron chi connectivity index (χ4n) is 0.964. The number of aromatic nitrogens is 1. The Kier molecular flexibility index (Phi) is 3.33. The van der Waals surface area contributed by atoms with Crippen LogP contribution in [0.2, 0.25) is 0 Å². The van der Waals surface area contributed by atoms with Gasteiger partial charge in [0.25, 0.3) is 0 Å². The second-order valence-corrected chi connectivity index (χ2v) is 2.88. The molecule has 0 saturated heterocycles. The number of carbonyl (C=O) groups is 1. The molecular formula is C9H9N3O3. The van der Waals surface area contributed by atoms with E-state index in [0.717, 1.165) is 0 Å². The minimum Gasteiger partial charge on any atom is -0.384 e. The molecule has 0 aliphatic rings. The van der Waals surface area contributed by atoms with Gasteiger partial charge in [0, 0.05) is 6.20 Å². The summed E-state index contributed by atoms with van der Waals surface area (Å²) >= 11 is 0. The van der Waals surface area contributed by atoms with Gasteiger partial charge in [0.15, 0.2) is 6.10 Å². The number of amides is 1. The molecule has 1 amide bonds. The zero-order chi connectivity index (χ0) is 11.4. The molecule has 2 atom stereocenters. The van der Waals surface area contributed by atoms with Crippen molar-refractivity contribution in [3.05, 3.63) is 29.6 Å². The summed E-state index contributed by atoms with van der Waals surface area (Å²) in [5.41, 5.74) is 5.20. The molecule has 1 aromatic rings. The highest BCUT2D eigenvalue weighted by Gasteiger charge is 2.24. The summed E-state index contributed by atoms with van der Waals surface area (Å²) in [5, 5.41) is 27.1. The fraction of sp³-hybridized carbons (Fsp3) is 0.222. The van der Waals surface area contributed by atoms with Crippen LogP contribution in [0.15, 0.2) is 18.3 Å². The molecule has 6 heteroatoms. The van der Waals surface area contributed by atoms with Crippen LogP contribution in [0.5, 0.6) is 0 Å². The fourth-order valence-corrected chi connectivity index (χ4v) is 0.964. The number of carbonyl (C=O) groups excluding carboxylic acids is 1. The van der Waals surface area contributed by atoms with Crippen LogP contribution in [-0.2, 0) is 4.79 Å². The Bertz CT molecular complexity index is 396. The molecule has 1 rings (SSSR count). The number of nitrogens with two attached hydrogens (primary N) is 1. The Hall–Kier alpha value is -1.97. The Morgan fingerprint density at radius 3 is 2.60 bits per heavy atom. The number of rotatable bonds is 3. The van der Waals surface area contributed by atoms with Crippen LogP contribution in [0.25, 0.3) is 0 Å². The molecule has 6 nitrogen and oxygen atoms in total. The Balaban J connectivity index is 2.88. The number of pyridine rings is 1. The Morgan fingerprint density at radius 1 is 1.53 bits per heavy atom. The van der Waals surface area contributed by atoms with Gasteiger partial charge in [0.1, 0.15) is 12.2 Å². The Labute approximate surface area is 85.6 Å². The summed E-state index contributed by atoms with van der Waals surface area (Å²) in [6.07, 6.45) is -1.95. The lowest BCUT2D eigenvalue weighted by molar-refractivity contribution is -0.132. The SMILES string of the molecule is N#Cc1ccc(C(O)C(O)C(N)=O)nc1. The Morgan fingerprint density at radius 2 is 2.20 bits per heavy atom. The van der Waals surface area contributed by atoms with Gasteiger partial charge >= 0.3 is 0 Å². The lowest BCUT2D eigenvalue weighted by atomic mass is 10.1. The molecule has 1 heterocycles. The van der Waals surface area contributed by atoms with Crippen LogP contribution in [-0.4, -0.2) is 27.2 Å². The number of aliphatic hydroxyl groups excluding tert-OH is 2. The van der Waals surface area contributed by atoms with E-state index >= 15 is 0 Å². The molecule has 0 saturated carbocycles. The van der Waals surface area contributed by atoms with Crippen molar-refractivity contribution in [2.45, 2.75) is 12.2 Å². The van der Waals surface area contributed by atoms with Crippen LogP contribution in [0.4, 0.5) is 0 Å². The zero-order valence-corrected chi connectivity index (χ0v) is 7.66. The quantitative estimate of drug-likeness (QED) is 0.577. The number of hydrogen-bond acceptors (Lipinski definition) is 5. The van der Waals surface area contributed by atoms with E-state index < -0.39 is 18.1 Å². The van der Waals surface area contributed by atoms with Crippen molar-refractivity contribution < 1.29 is 15.0 Å². The third kappa shape index (κ3) is 2.49. The van der Waals surface area contributed by atoms with Crippen molar-refractivity contribution in [1.29, 1.82) is 5.26 Å². The lowest BCUT2D eigenvalue weighted by Gasteiger charge is -2.13. The van der Waals surface area contributed by atoms with E-state index in [2.05, 4.69) is 4.98 Å². The van der Waals surface area contributed by atoms with E-state index in [1.165, 1.54) is 18.3 Å². The second-order valence-electron chi connectivity index (χ2n) is 2.88. The van der Waals surface area contributed by atoms with Crippen LogP contribution in [0.1, 0.15) is 17.4 Å². The smallest absolute Gasteiger partial charge is 0.249 e. The standard InChI is InChI=1S/C9H9N3O3/c10-3-5-1-2-6(12-4-5)7(13)8(14)9(11)15/h1-2,4,7-8,13-14H,(H2,11,15). The third-order valence-corrected chi connectivity index (χ3v) is 1.81. The molecule has 0 aromatic carbocycles. The molecule has 0 radical (unpaired) electrons. The summed E-state index contributed by atoms with van der Waals surface area (Å²) in [7, 11) is 0. The van der Waals surface area contributed by atoms with Gasteiger partial charge in [-0.25, -0.2) is 0 Å². The van der Waals surface area contributed by atoms with Gasteiger partial charge in [-0.05, 0) is 12.1 Å². The van der Waals surface area contributed by atoms with E-state index in [4.69, 9.17) is 16.1 Å². The van der Waals surface area contributed by atoms with Gasteiger partial charge in [-0.1, -0.05) is 0 Å². The average molecular weight is 207 g/mol. The van der Waals surface area contributed by atoms with Crippen LogP contribution in [0.3, 0.4) is 0 Å². The molecule has 1 aromatic heterocycles. The van der Waals surface area contributed by atoms with Crippen LogP contribution in [0, 0.1) is 11.3 Å². The number of nitriles is 1. The van der Waals surface area contributed by atoms with Crippen molar-refractivity contribution in [3.63, 3.8) is 0 Å².